The van der Waals surface area contributed by atoms with Crippen LogP contribution in [0.3, 0.4) is 0 Å². The number of aromatic nitrogens is 2. The summed E-state index contributed by atoms with van der Waals surface area (Å²) in [5, 5.41) is 6.09. The number of nitrogens with one attached hydrogen (secondary N) is 2. The van der Waals surface area contributed by atoms with E-state index in [1.165, 1.54) is 18.9 Å². The van der Waals surface area contributed by atoms with Gasteiger partial charge in [-0.2, -0.15) is 0 Å². The third-order valence-corrected chi connectivity index (χ3v) is 6.46. The molecule has 0 radical (unpaired) electrons. The van der Waals surface area contributed by atoms with Gasteiger partial charge >= 0.3 is 0 Å². The minimum atomic E-state index is -0.0602. The first-order chi connectivity index (χ1) is 18.0. The van der Waals surface area contributed by atoms with Gasteiger partial charge < -0.3 is 20.4 Å². The Kier molecular flexibility index (Phi) is 9.08. The fraction of sp³-hybridized carbons (Fsp3) is 0.379. The van der Waals surface area contributed by atoms with Crippen molar-refractivity contribution in [2.24, 2.45) is 0 Å². The zero-order chi connectivity index (χ0) is 26.0. The number of benzene rings is 2. The quantitative estimate of drug-likeness (QED) is 0.409. The number of carbonyl (C=O) groups excluding carboxylic acids is 2. The molecule has 0 atom stereocenters. The van der Waals surface area contributed by atoms with Gasteiger partial charge in [-0.3, -0.25) is 9.59 Å². The highest BCUT2D eigenvalue weighted by Crippen LogP contribution is 2.24. The number of rotatable bonds is 10. The Bertz CT molecular complexity index is 1170. The molecule has 1 aliphatic rings. The molecule has 0 spiro atoms. The maximum atomic E-state index is 13.1. The van der Waals surface area contributed by atoms with Crippen LogP contribution in [0.5, 0.6) is 0 Å². The Morgan fingerprint density at radius 3 is 2.32 bits per heavy atom. The number of unbranched alkanes of at least 4 members (excludes halogenated alkanes) is 1. The first-order valence-electron chi connectivity index (χ1n) is 13.1. The molecule has 0 bridgehead atoms. The molecule has 0 unspecified atom stereocenters. The zero-order valence-corrected chi connectivity index (χ0v) is 21.7. The summed E-state index contributed by atoms with van der Waals surface area (Å²) in [7, 11) is 0. The highest BCUT2D eigenvalue weighted by molar-refractivity contribution is 5.94. The fourth-order valence-electron chi connectivity index (χ4n) is 4.35. The lowest BCUT2D eigenvalue weighted by atomic mass is 10.1. The van der Waals surface area contributed by atoms with Crippen LogP contribution in [-0.2, 0) is 11.2 Å². The molecule has 1 saturated heterocycles. The molecule has 0 aliphatic carbocycles. The molecule has 0 saturated carbocycles. The summed E-state index contributed by atoms with van der Waals surface area (Å²) in [5.74, 6) is 2.19. The Hall–Kier alpha value is -3.94. The molecule has 4 rings (SSSR count). The highest BCUT2D eigenvalue weighted by atomic mass is 16.2. The first-order valence-corrected chi connectivity index (χ1v) is 13.1. The van der Waals surface area contributed by atoms with Gasteiger partial charge in [0, 0.05) is 63.4 Å². The Morgan fingerprint density at radius 2 is 1.65 bits per heavy atom. The van der Waals surface area contributed by atoms with E-state index in [1.807, 2.05) is 53.4 Å². The van der Waals surface area contributed by atoms with Gasteiger partial charge in [-0.05, 0) is 30.5 Å². The van der Waals surface area contributed by atoms with Crippen LogP contribution in [0.25, 0.3) is 11.4 Å². The van der Waals surface area contributed by atoms with Crippen molar-refractivity contribution in [1.29, 1.82) is 0 Å². The van der Waals surface area contributed by atoms with Gasteiger partial charge in [-0.15, -0.1) is 0 Å². The summed E-state index contributed by atoms with van der Waals surface area (Å²) in [6.07, 6.45) is 3.38. The predicted octanol–water partition coefficient (Wildman–Crippen LogP) is 4.00. The van der Waals surface area contributed by atoms with Gasteiger partial charge in [-0.1, -0.05) is 55.8 Å². The highest BCUT2D eigenvalue weighted by Gasteiger charge is 2.24. The molecular formula is C29H36N6O2. The minimum Gasteiger partial charge on any atom is -0.368 e. The molecule has 2 heterocycles. The third-order valence-electron chi connectivity index (χ3n) is 6.46. The monoisotopic (exact) mass is 500 g/mol. The van der Waals surface area contributed by atoms with Crippen molar-refractivity contribution in [3.05, 3.63) is 71.8 Å². The van der Waals surface area contributed by atoms with E-state index in [4.69, 9.17) is 9.97 Å². The van der Waals surface area contributed by atoms with Crippen LogP contribution < -0.4 is 15.5 Å². The summed E-state index contributed by atoms with van der Waals surface area (Å²) in [4.78, 5) is 37.9. The van der Waals surface area contributed by atoms with Crippen LogP contribution in [-0.4, -0.2) is 66.0 Å². The van der Waals surface area contributed by atoms with Crippen molar-refractivity contribution in [3.8, 4) is 11.4 Å². The van der Waals surface area contributed by atoms with Crippen LogP contribution in [0.4, 0.5) is 11.6 Å². The average Bonchev–Trinajstić information content (AvgIpc) is 2.94. The molecule has 8 heteroatoms. The SMILES string of the molecule is CCCCc1ccc(C(=O)N2CCN(c3cc(NCCNC(C)=O)nc(-c4ccccc4)n3)CC2)cc1. The first kappa shape index (κ1) is 26.1. The van der Waals surface area contributed by atoms with E-state index in [1.54, 1.807) is 0 Å². The normalized spacial score (nSPS) is 13.4. The summed E-state index contributed by atoms with van der Waals surface area (Å²) < 4.78 is 0. The van der Waals surface area contributed by atoms with E-state index >= 15 is 0 Å². The second kappa shape index (κ2) is 12.9. The van der Waals surface area contributed by atoms with Crippen LogP contribution in [0, 0.1) is 0 Å². The number of piperazine rings is 1. The maximum absolute atomic E-state index is 13.1. The average molecular weight is 501 g/mol. The number of carbonyl (C=O) groups is 2. The summed E-state index contributed by atoms with van der Waals surface area (Å²) in [6.45, 7) is 7.41. The van der Waals surface area contributed by atoms with E-state index in [-0.39, 0.29) is 11.8 Å². The second-order valence-corrected chi connectivity index (χ2v) is 9.29. The summed E-state index contributed by atoms with van der Waals surface area (Å²) in [6, 6.07) is 19.9. The van der Waals surface area contributed by atoms with Crippen LogP contribution in [0.15, 0.2) is 60.7 Å². The summed E-state index contributed by atoms with van der Waals surface area (Å²) in [5.41, 5.74) is 2.96. The minimum absolute atomic E-state index is 0.0602. The van der Waals surface area contributed by atoms with E-state index in [0.717, 1.165) is 29.8 Å². The molecule has 2 aromatic carbocycles. The lowest BCUT2D eigenvalue weighted by Gasteiger charge is -2.35. The Morgan fingerprint density at radius 1 is 0.919 bits per heavy atom. The Labute approximate surface area is 219 Å². The number of aryl methyl sites for hydroxylation is 1. The second-order valence-electron chi connectivity index (χ2n) is 9.29. The van der Waals surface area contributed by atoms with Gasteiger partial charge in [0.25, 0.3) is 5.91 Å². The van der Waals surface area contributed by atoms with E-state index in [9.17, 15) is 9.59 Å². The Balaban J connectivity index is 1.43. The molecule has 1 fully saturated rings. The van der Waals surface area contributed by atoms with Gasteiger partial charge in [0.15, 0.2) is 5.82 Å². The molecule has 37 heavy (non-hydrogen) atoms. The van der Waals surface area contributed by atoms with Gasteiger partial charge in [0.05, 0.1) is 0 Å². The summed E-state index contributed by atoms with van der Waals surface area (Å²) >= 11 is 0. The number of nitrogens with zero attached hydrogens (tertiary/aromatic N) is 4. The van der Waals surface area contributed by atoms with Crippen molar-refractivity contribution in [2.45, 2.75) is 33.1 Å². The van der Waals surface area contributed by atoms with Gasteiger partial charge in [0.1, 0.15) is 11.6 Å². The van der Waals surface area contributed by atoms with E-state index < -0.39 is 0 Å². The number of hydrogen-bond donors (Lipinski definition) is 2. The van der Waals surface area contributed by atoms with Crippen LogP contribution >= 0.6 is 0 Å². The fourth-order valence-corrected chi connectivity index (χ4v) is 4.35. The maximum Gasteiger partial charge on any atom is 0.253 e. The number of hydrogen-bond acceptors (Lipinski definition) is 6. The van der Waals surface area contributed by atoms with E-state index in [2.05, 4.69) is 34.6 Å². The zero-order valence-electron chi connectivity index (χ0n) is 21.7. The topological polar surface area (TPSA) is 90.5 Å². The van der Waals surface area contributed by atoms with Crippen molar-refractivity contribution < 1.29 is 9.59 Å². The molecular weight excluding hydrogens is 464 g/mol. The number of amides is 2. The van der Waals surface area contributed by atoms with Crippen molar-refractivity contribution in [3.63, 3.8) is 0 Å². The molecule has 1 aromatic heterocycles. The predicted molar refractivity (Wildman–Crippen MR) is 148 cm³/mol. The van der Waals surface area contributed by atoms with Crippen LogP contribution in [0.2, 0.25) is 0 Å². The molecule has 194 valence electrons. The third kappa shape index (κ3) is 7.29. The molecule has 2 amide bonds. The van der Waals surface area contributed by atoms with Crippen molar-refractivity contribution in [2.75, 3.05) is 49.5 Å². The molecule has 2 N–H and O–H groups in total. The van der Waals surface area contributed by atoms with Crippen LogP contribution in [0.1, 0.15) is 42.6 Å². The largest absolute Gasteiger partial charge is 0.368 e. The standard InChI is InChI=1S/C29H36N6O2/c1-3-4-8-23-11-13-25(14-12-23)29(37)35-19-17-34(18-20-35)27-21-26(31-16-15-30-22(2)36)32-28(33-27)24-9-6-5-7-10-24/h5-7,9-14,21H,3-4,8,15-20H2,1-2H3,(H,30,36)(H,31,32,33). The lowest BCUT2D eigenvalue weighted by Crippen LogP contribution is -2.49. The molecule has 3 aromatic rings. The molecule has 1 aliphatic heterocycles. The van der Waals surface area contributed by atoms with Crippen molar-refractivity contribution >= 4 is 23.5 Å². The smallest absolute Gasteiger partial charge is 0.253 e. The van der Waals surface area contributed by atoms with Gasteiger partial charge in [0.2, 0.25) is 5.91 Å². The van der Waals surface area contributed by atoms with Gasteiger partial charge in [-0.25, -0.2) is 9.97 Å². The van der Waals surface area contributed by atoms with Crippen molar-refractivity contribution in [1.82, 2.24) is 20.2 Å². The molecule has 8 nitrogen and oxygen atoms in total. The number of anilines is 2. The van der Waals surface area contributed by atoms with E-state index in [0.29, 0.717) is 50.9 Å². The lowest BCUT2D eigenvalue weighted by molar-refractivity contribution is -0.118.